The summed E-state index contributed by atoms with van der Waals surface area (Å²) in [5.41, 5.74) is 0.771. The minimum atomic E-state index is -0.295. The van der Waals surface area contributed by atoms with E-state index in [1.54, 1.807) is 13.2 Å². The molecule has 0 saturated carbocycles. The molecule has 0 bridgehead atoms. The number of benzene rings is 1. The Kier molecular flexibility index (Phi) is 5.33. The lowest BCUT2D eigenvalue weighted by atomic mass is 10.1. The summed E-state index contributed by atoms with van der Waals surface area (Å²) in [6, 6.07) is 5.43. The third kappa shape index (κ3) is 3.98. The van der Waals surface area contributed by atoms with Crippen LogP contribution in [0, 0.1) is 0 Å². The molecule has 0 aliphatic heterocycles. The highest BCUT2D eigenvalue weighted by Gasteiger charge is 2.10. The van der Waals surface area contributed by atoms with Crippen molar-refractivity contribution in [3.05, 3.63) is 23.8 Å². The Hall–Kier alpha value is -1.71. The van der Waals surface area contributed by atoms with E-state index < -0.39 is 0 Å². The SMILES string of the molecule is CCCOc1ccc(OC)c(CC(=O)OC)c1. The molecule has 4 heteroatoms. The zero-order valence-electron chi connectivity index (χ0n) is 10.5. The third-order valence-corrected chi connectivity index (χ3v) is 2.29. The summed E-state index contributed by atoms with van der Waals surface area (Å²) < 4.78 is 15.3. The Balaban J connectivity index is 2.85. The van der Waals surface area contributed by atoms with Crippen molar-refractivity contribution < 1.29 is 19.0 Å². The maximum Gasteiger partial charge on any atom is 0.310 e. The normalized spacial score (nSPS) is 9.82. The molecule has 1 rings (SSSR count). The van der Waals surface area contributed by atoms with Crippen molar-refractivity contribution in [2.45, 2.75) is 19.8 Å². The fourth-order valence-electron chi connectivity index (χ4n) is 1.43. The van der Waals surface area contributed by atoms with Gasteiger partial charge in [-0.1, -0.05) is 6.92 Å². The molecule has 0 radical (unpaired) electrons. The average molecular weight is 238 g/mol. The molecular weight excluding hydrogens is 220 g/mol. The average Bonchev–Trinajstić information content (AvgIpc) is 2.36. The second kappa shape index (κ2) is 6.78. The first-order valence-corrected chi connectivity index (χ1v) is 5.57. The Morgan fingerprint density at radius 1 is 1.29 bits per heavy atom. The van der Waals surface area contributed by atoms with Crippen LogP contribution in [0.2, 0.25) is 0 Å². The van der Waals surface area contributed by atoms with E-state index in [-0.39, 0.29) is 12.4 Å². The van der Waals surface area contributed by atoms with Crippen LogP contribution in [0.4, 0.5) is 0 Å². The summed E-state index contributed by atoms with van der Waals surface area (Å²) in [6.07, 6.45) is 1.13. The lowest BCUT2D eigenvalue weighted by Crippen LogP contribution is -2.06. The predicted octanol–water partition coefficient (Wildman–Crippen LogP) is 2.20. The molecule has 1 aromatic carbocycles. The van der Waals surface area contributed by atoms with Crippen molar-refractivity contribution in [2.24, 2.45) is 0 Å². The Morgan fingerprint density at radius 2 is 2.06 bits per heavy atom. The first-order chi connectivity index (χ1) is 8.21. The third-order valence-electron chi connectivity index (χ3n) is 2.29. The number of hydrogen-bond acceptors (Lipinski definition) is 4. The molecule has 4 nitrogen and oxygen atoms in total. The van der Waals surface area contributed by atoms with Crippen LogP contribution in [0.3, 0.4) is 0 Å². The molecule has 0 spiro atoms. The van der Waals surface area contributed by atoms with Crippen molar-refractivity contribution in [1.82, 2.24) is 0 Å². The van der Waals surface area contributed by atoms with Crippen LogP contribution >= 0.6 is 0 Å². The maximum absolute atomic E-state index is 11.3. The van der Waals surface area contributed by atoms with Crippen LogP contribution in [-0.2, 0) is 16.0 Å². The number of esters is 1. The van der Waals surface area contributed by atoms with Gasteiger partial charge in [-0.25, -0.2) is 0 Å². The summed E-state index contributed by atoms with van der Waals surface area (Å²) in [5, 5.41) is 0. The number of methoxy groups -OCH3 is 2. The van der Waals surface area contributed by atoms with Crippen LogP contribution < -0.4 is 9.47 Å². The molecule has 17 heavy (non-hydrogen) atoms. The van der Waals surface area contributed by atoms with Gasteiger partial charge >= 0.3 is 5.97 Å². The molecule has 0 aromatic heterocycles. The quantitative estimate of drug-likeness (QED) is 0.713. The molecule has 0 amide bonds. The predicted molar refractivity (Wildman–Crippen MR) is 64.5 cm³/mol. The van der Waals surface area contributed by atoms with Gasteiger partial charge in [0.25, 0.3) is 0 Å². The standard InChI is InChI=1S/C13H18O4/c1-4-7-17-11-5-6-12(15-2)10(8-11)9-13(14)16-3/h5-6,8H,4,7,9H2,1-3H3. The molecule has 0 unspecified atom stereocenters. The fourth-order valence-corrected chi connectivity index (χ4v) is 1.43. The van der Waals surface area contributed by atoms with Gasteiger partial charge in [0.15, 0.2) is 0 Å². The number of carbonyl (C=O) groups is 1. The smallest absolute Gasteiger partial charge is 0.310 e. The van der Waals surface area contributed by atoms with Crippen LogP contribution in [-0.4, -0.2) is 26.8 Å². The zero-order chi connectivity index (χ0) is 12.7. The first-order valence-electron chi connectivity index (χ1n) is 5.57. The van der Waals surface area contributed by atoms with E-state index >= 15 is 0 Å². The van der Waals surface area contributed by atoms with E-state index in [0.717, 1.165) is 17.7 Å². The minimum absolute atomic E-state index is 0.184. The van der Waals surface area contributed by atoms with Gasteiger partial charge in [0.1, 0.15) is 11.5 Å². The molecule has 94 valence electrons. The highest BCUT2D eigenvalue weighted by atomic mass is 16.5. The zero-order valence-corrected chi connectivity index (χ0v) is 10.5. The van der Waals surface area contributed by atoms with Gasteiger partial charge in [-0.2, -0.15) is 0 Å². The minimum Gasteiger partial charge on any atom is -0.496 e. The number of rotatable bonds is 6. The number of carbonyl (C=O) groups excluding carboxylic acids is 1. The van der Waals surface area contributed by atoms with E-state index in [1.807, 2.05) is 19.1 Å². The van der Waals surface area contributed by atoms with E-state index in [1.165, 1.54) is 7.11 Å². The molecule has 1 aromatic rings. The van der Waals surface area contributed by atoms with Crippen molar-refractivity contribution in [3.63, 3.8) is 0 Å². The van der Waals surface area contributed by atoms with E-state index in [9.17, 15) is 4.79 Å². The summed E-state index contributed by atoms with van der Waals surface area (Å²) in [6.45, 7) is 2.70. The Bertz CT molecular complexity index is 374. The number of ether oxygens (including phenoxy) is 3. The summed E-state index contributed by atoms with van der Waals surface area (Å²) in [7, 11) is 2.94. The van der Waals surface area contributed by atoms with Crippen LogP contribution in [0.25, 0.3) is 0 Å². The van der Waals surface area contributed by atoms with Gasteiger partial charge in [-0.15, -0.1) is 0 Å². The fraction of sp³-hybridized carbons (Fsp3) is 0.462. The van der Waals surface area contributed by atoms with Crippen molar-refractivity contribution in [1.29, 1.82) is 0 Å². The molecular formula is C13H18O4. The molecule has 0 saturated heterocycles. The second-order valence-electron chi connectivity index (χ2n) is 3.58. The van der Waals surface area contributed by atoms with Gasteiger partial charge < -0.3 is 14.2 Å². The monoisotopic (exact) mass is 238 g/mol. The maximum atomic E-state index is 11.3. The van der Waals surface area contributed by atoms with E-state index in [2.05, 4.69) is 4.74 Å². The summed E-state index contributed by atoms with van der Waals surface area (Å²) >= 11 is 0. The lowest BCUT2D eigenvalue weighted by Gasteiger charge is -2.10. The largest absolute Gasteiger partial charge is 0.496 e. The number of hydrogen-bond donors (Lipinski definition) is 0. The van der Waals surface area contributed by atoms with E-state index in [0.29, 0.717) is 12.4 Å². The summed E-state index contributed by atoms with van der Waals surface area (Å²) in [5.74, 6) is 1.11. The van der Waals surface area contributed by atoms with Gasteiger partial charge in [0, 0.05) is 5.56 Å². The van der Waals surface area contributed by atoms with Gasteiger partial charge in [-0.05, 0) is 24.6 Å². The first kappa shape index (κ1) is 13.4. The van der Waals surface area contributed by atoms with Crippen LogP contribution in [0.5, 0.6) is 11.5 Å². The Morgan fingerprint density at radius 3 is 2.65 bits per heavy atom. The molecule has 0 aliphatic carbocycles. The highest BCUT2D eigenvalue weighted by molar-refractivity contribution is 5.73. The second-order valence-corrected chi connectivity index (χ2v) is 3.58. The van der Waals surface area contributed by atoms with Gasteiger partial charge in [-0.3, -0.25) is 4.79 Å². The molecule has 0 heterocycles. The topological polar surface area (TPSA) is 44.8 Å². The van der Waals surface area contributed by atoms with Crippen molar-refractivity contribution in [3.8, 4) is 11.5 Å². The van der Waals surface area contributed by atoms with E-state index in [4.69, 9.17) is 9.47 Å². The summed E-state index contributed by atoms with van der Waals surface area (Å²) in [4.78, 5) is 11.3. The molecule has 0 aliphatic rings. The van der Waals surface area contributed by atoms with Gasteiger partial charge in [0.05, 0.1) is 27.2 Å². The molecule has 0 N–H and O–H groups in total. The van der Waals surface area contributed by atoms with Crippen molar-refractivity contribution in [2.75, 3.05) is 20.8 Å². The Labute approximate surface area is 101 Å². The van der Waals surface area contributed by atoms with Crippen molar-refractivity contribution >= 4 is 5.97 Å². The van der Waals surface area contributed by atoms with Crippen LogP contribution in [0.1, 0.15) is 18.9 Å². The molecule has 0 fully saturated rings. The lowest BCUT2D eigenvalue weighted by molar-refractivity contribution is -0.139. The molecule has 0 atom stereocenters. The highest BCUT2D eigenvalue weighted by Crippen LogP contribution is 2.24. The van der Waals surface area contributed by atoms with Crippen LogP contribution in [0.15, 0.2) is 18.2 Å². The van der Waals surface area contributed by atoms with Gasteiger partial charge in [0.2, 0.25) is 0 Å².